The number of carboxylic acid groups (broad SMARTS) is 1. The normalized spacial score (nSPS) is 18.5. The molecule has 3 aromatic carbocycles. The van der Waals surface area contributed by atoms with Gasteiger partial charge in [-0.2, -0.15) is 0 Å². The van der Waals surface area contributed by atoms with Crippen LogP contribution in [0.25, 0.3) is 0 Å². The fraction of sp³-hybridized carbons (Fsp3) is 0.208. The van der Waals surface area contributed by atoms with Gasteiger partial charge in [-0.25, -0.2) is 0 Å². The lowest BCUT2D eigenvalue weighted by molar-refractivity contribution is -0.142. The van der Waals surface area contributed by atoms with Crippen LogP contribution in [0.2, 0.25) is 0 Å². The van der Waals surface area contributed by atoms with Crippen molar-refractivity contribution >= 4 is 5.97 Å². The minimum absolute atomic E-state index is 0.216. The van der Waals surface area contributed by atoms with Gasteiger partial charge in [-0.15, -0.1) is 0 Å². The monoisotopic (exact) mass is 374 g/mol. The van der Waals surface area contributed by atoms with Crippen molar-refractivity contribution in [1.29, 1.82) is 0 Å². The van der Waals surface area contributed by atoms with E-state index in [2.05, 4.69) is 0 Å². The summed E-state index contributed by atoms with van der Waals surface area (Å²) in [5.74, 6) is -0.294. The Labute approximate surface area is 164 Å². The van der Waals surface area contributed by atoms with E-state index in [1.165, 1.54) is 0 Å². The number of carbonyl (C=O) groups is 1. The molecule has 0 aliphatic heterocycles. The number of hydrogen-bond donors (Lipinski definition) is 1. The minimum Gasteiger partial charge on any atom is -0.497 e. The van der Waals surface area contributed by atoms with Crippen LogP contribution < -0.4 is 9.47 Å². The molecule has 1 N–H and O–H groups in total. The van der Waals surface area contributed by atoms with Crippen LogP contribution in [0, 0.1) is 5.92 Å². The van der Waals surface area contributed by atoms with Crippen molar-refractivity contribution < 1.29 is 19.4 Å². The molecule has 1 aliphatic rings. The summed E-state index contributed by atoms with van der Waals surface area (Å²) in [6.45, 7) is 0. The molecule has 4 nitrogen and oxygen atoms in total. The highest BCUT2D eigenvalue weighted by Crippen LogP contribution is 2.52. The molecular formula is C24H22O4. The summed E-state index contributed by atoms with van der Waals surface area (Å²) in [7, 11) is 3.25. The molecule has 28 heavy (non-hydrogen) atoms. The van der Waals surface area contributed by atoms with E-state index in [0.29, 0.717) is 0 Å². The first-order valence-corrected chi connectivity index (χ1v) is 9.23. The van der Waals surface area contributed by atoms with Crippen LogP contribution in [0.15, 0.2) is 72.8 Å². The lowest BCUT2D eigenvalue weighted by atomic mass is 9.79. The van der Waals surface area contributed by atoms with E-state index in [4.69, 9.17) is 9.47 Å². The number of fused-ring (bicyclic) bond motifs is 1. The van der Waals surface area contributed by atoms with Crippen molar-refractivity contribution in [2.45, 2.75) is 11.8 Å². The molecule has 1 aliphatic carbocycles. The molecule has 0 amide bonds. The Kier molecular flexibility index (Phi) is 4.78. The van der Waals surface area contributed by atoms with Crippen molar-refractivity contribution in [2.24, 2.45) is 5.92 Å². The van der Waals surface area contributed by atoms with Crippen molar-refractivity contribution in [3.05, 3.63) is 95.1 Å². The Morgan fingerprint density at radius 1 is 0.714 bits per heavy atom. The van der Waals surface area contributed by atoms with E-state index in [0.717, 1.165) is 33.8 Å². The Morgan fingerprint density at radius 3 is 1.43 bits per heavy atom. The average Bonchev–Trinajstić information content (AvgIpc) is 3.09. The van der Waals surface area contributed by atoms with Gasteiger partial charge in [0.2, 0.25) is 0 Å². The van der Waals surface area contributed by atoms with E-state index in [-0.39, 0.29) is 11.8 Å². The van der Waals surface area contributed by atoms with E-state index in [1.807, 2.05) is 72.8 Å². The molecule has 0 saturated heterocycles. The van der Waals surface area contributed by atoms with Crippen LogP contribution in [-0.4, -0.2) is 25.3 Å². The smallest absolute Gasteiger partial charge is 0.308 e. The maximum absolute atomic E-state index is 12.4. The molecule has 0 heterocycles. The molecule has 142 valence electrons. The van der Waals surface area contributed by atoms with Gasteiger partial charge in [-0.3, -0.25) is 4.79 Å². The summed E-state index contributed by atoms with van der Waals surface area (Å²) in [6.07, 6.45) is 0. The average molecular weight is 374 g/mol. The van der Waals surface area contributed by atoms with E-state index < -0.39 is 11.9 Å². The summed E-state index contributed by atoms with van der Waals surface area (Å²) < 4.78 is 10.5. The number of aliphatic carboxylic acids is 1. The third kappa shape index (κ3) is 3.01. The predicted octanol–water partition coefficient (Wildman–Crippen LogP) is 4.68. The Bertz CT molecular complexity index is 902. The van der Waals surface area contributed by atoms with Gasteiger partial charge in [0, 0.05) is 11.8 Å². The van der Waals surface area contributed by atoms with Crippen LogP contribution in [0.1, 0.15) is 34.1 Å². The molecule has 0 radical (unpaired) electrons. The van der Waals surface area contributed by atoms with Crippen LogP contribution >= 0.6 is 0 Å². The third-order valence-electron chi connectivity index (χ3n) is 5.62. The second-order valence-corrected chi connectivity index (χ2v) is 6.99. The summed E-state index contributed by atoms with van der Waals surface area (Å²) in [6, 6.07) is 23.4. The number of hydrogen-bond acceptors (Lipinski definition) is 3. The van der Waals surface area contributed by atoms with Gasteiger partial charge in [-0.1, -0.05) is 48.5 Å². The Hall–Kier alpha value is -3.27. The highest BCUT2D eigenvalue weighted by Gasteiger charge is 2.46. The van der Waals surface area contributed by atoms with Crippen LogP contribution in [0.3, 0.4) is 0 Å². The Balaban J connectivity index is 1.85. The van der Waals surface area contributed by atoms with Gasteiger partial charge in [-0.05, 0) is 46.5 Å². The van der Waals surface area contributed by atoms with Gasteiger partial charge in [0.1, 0.15) is 11.5 Å². The van der Waals surface area contributed by atoms with Crippen molar-refractivity contribution in [3.8, 4) is 11.5 Å². The topological polar surface area (TPSA) is 55.8 Å². The first-order chi connectivity index (χ1) is 13.6. The fourth-order valence-electron chi connectivity index (χ4n) is 4.34. The SMILES string of the molecule is COc1ccc([C@@H]2c3ccccc3[C@@H](c3ccc(OC)cc3)C2C(=O)O)cc1. The van der Waals surface area contributed by atoms with Crippen LogP contribution in [0.5, 0.6) is 11.5 Å². The minimum atomic E-state index is -0.794. The summed E-state index contributed by atoms with van der Waals surface area (Å²) >= 11 is 0. The maximum Gasteiger partial charge on any atom is 0.308 e. The molecule has 3 aromatic rings. The lowest BCUT2D eigenvalue weighted by Gasteiger charge is -2.23. The molecule has 4 heteroatoms. The second kappa shape index (κ2) is 7.39. The molecule has 0 saturated carbocycles. The van der Waals surface area contributed by atoms with Gasteiger partial charge < -0.3 is 14.6 Å². The maximum atomic E-state index is 12.4. The molecule has 4 rings (SSSR count). The lowest BCUT2D eigenvalue weighted by Crippen LogP contribution is -2.23. The second-order valence-electron chi connectivity index (χ2n) is 6.99. The molecule has 2 atom stereocenters. The largest absolute Gasteiger partial charge is 0.497 e. The highest BCUT2D eigenvalue weighted by atomic mass is 16.5. The number of benzene rings is 3. The van der Waals surface area contributed by atoms with Gasteiger partial charge in [0.25, 0.3) is 0 Å². The van der Waals surface area contributed by atoms with Crippen molar-refractivity contribution in [3.63, 3.8) is 0 Å². The van der Waals surface area contributed by atoms with Crippen molar-refractivity contribution in [2.75, 3.05) is 14.2 Å². The summed E-state index contributed by atoms with van der Waals surface area (Å²) in [4.78, 5) is 12.4. The first-order valence-electron chi connectivity index (χ1n) is 9.23. The third-order valence-corrected chi connectivity index (χ3v) is 5.62. The van der Waals surface area contributed by atoms with E-state index in [9.17, 15) is 9.90 Å². The van der Waals surface area contributed by atoms with Gasteiger partial charge >= 0.3 is 5.97 Å². The predicted molar refractivity (Wildman–Crippen MR) is 107 cm³/mol. The zero-order chi connectivity index (χ0) is 19.7. The first kappa shape index (κ1) is 18.1. The number of rotatable bonds is 5. The molecular weight excluding hydrogens is 352 g/mol. The summed E-state index contributed by atoms with van der Waals surface area (Å²) in [5.41, 5.74) is 4.11. The molecule has 0 bridgehead atoms. The highest BCUT2D eigenvalue weighted by molar-refractivity contribution is 5.77. The summed E-state index contributed by atoms with van der Waals surface area (Å²) in [5, 5.41) is 10.2. The Morgan fingerprint density at radius 2 is 1.11 bits per heavy atom. The number of carboxylic acids is 1. The van der Waals surface area contributed by atoms with Crippen molar-refractivity contribution in [1.82, 2.24) is 0 Å². The number of ether oxygens (including phenoxy) is 2. The van der Waals surface area contributed by atoms with Crippen LogP contribution in [-0.2, 0) is 4.79 Å². The molecule has 0 fully saturated rings. The zero-order valence-electron chi connectivity index (χ0n) is 15.8. The number of methoxy groups -OCH3 is 2. The standard InChI is InChI=1S/C24H22O4/c1-27-17-11-7-15(8-12-17)21-19-5-3-4-6-20(19)22(23(21)24(25)26)16-9-13-18(28-2)14-10-16/h3-14,21-23H,1-2H3,(H,25,26)/t21-,22-/m1/s1. The zero-order valence-corrected chi connectivity index (χ0v) is 15.8. The quantitative estimate of drug-likeness (QED) is 0.704. The van der Waals surface area contributed by atoms with E-state index >= 15 is 0 Å². The van der Waals surface area contributed by atoms with Crippen LogP contribution in [0.4, 0.5) is 0 Å². The molecule has 0 unspecified atom stereocenters. The van der Waals surface area contributed by atoms with E-state index in [1.54, 1.807) is 14.2 Å². The van der Waals surface area contributed by atoms with Gasteiger partial charge in [0.05, 0.1) is 20.1 Å². The molecule has 0 spiro atoms. The molecule has 0 aromatic heterocycles. The van der Waals surface area contributed by atoms with Gasteiger partial charge in [0.15, 0.2) is 0 Å². The fourth-order valence-corrected chi connectivity index (χ4v) is 4.34.